The summed E-state index contributed by atoms with van der Waals surface area (Å²) in [6.45, 7) is 5.44. The van der Waals surface area contributed by atoms with E-state index in [9.17, 15) is 18.0 Å². The van der Waals surface area contributed by atoms with Gasteiger partial charge in [-0.1, -0.05) is 12.1 Å². The number of aryl methyl sites for hydroxylation is 1. The number of benzene rings is 2. The van der Waals surface area contributed by atoms with Crippen LogP contribution < -0.4 is 4.74 Å². The second-order valence-electron chi connectivity index (χ2n) is 8.35. The molecule has 0 amide bonds. The lowest BCUT2D eigenvalue weighted by atomic mass is 10.1. The molecular weight excluding hydrogens is 493 g/mol. The van der Waals surface area contributed by atoms with Crippen LogP contribution in [0, 0.1) is 6.92 Å². The number of carbonyl (C=O) groups is 1. The van der Waals surface area contributed by atoms with Gasteiger partial charge < -0.3 is 13.9 Å². The van der Waals surface area contributed by atoms with Crippen molar-refractivity contribution < 1.29 is 31.9 Å². The van der Waals surface area contributed by atoms with Crippen LogP contribution in [-0.4, -0.2) is 46.6 Å². The highest BCUT2D eigenvalue weighted by Crippen LogP contribution is 2.31. The second-order valence-corrected chi connectivity index (χ2v) is 9.50. The first kappa shape index (κ1) is 26.1. The SMILES string of the molecule is CCOC(=O)C1CSCCN1Cc1cccc(OCc2nc(-c3ccc(C(F)(F)F)cc3)oc2C)c1. The van der Waals surface area contributed by atoms with Crippen molar-refractivity contribution in [1.29, 1.82) is 0 Å². The summed E-state index contributed by atoms with van der Waals surface area (Å²) in [5.74, 6) is 2.89. The van der Waals surface area contributed by atoms with Crippen molar-refractivity contribution in [2.45, 2.75) is 39.2 Å². The first-order valence-corrected chi connectivity index (χ1v) is 12.7. The van der Waals surface area contributed by atoms with Gasteiger partial charge in [-0.25, -0.2) is 4.98 Å². The van der Waals surface area contributed by atoms with E-state index in [2.05, 4.69) is 9.88 Å². The number of aromatic nitrogens is 1. The van der Waals surface area contributed by atoms with Crippen LogP contribution in [0.1, 0.15) is 29.5 Å². The Labute approximate surface area is 211 Å². The maximum Gasteiger partial charge on any atom is 0.416 e. The van der Waals surface area contributed by atoms with Crippen LogP contribution in [-0.2, 0) is 28.9 Å². The smallest absolute Gasteiger partial charge is 0.416 e. The lowest BCUT2D eigenvalue weighted by Gasteiger charge is -2.33. The standard InChI is InChI=1S/C26H27F3N2O4S/c1-3-33-25(32)23-16-36-12-11-31(23)14-18-5-4-6-21(13-18)34-15-22-17(2)35-24(30-22)19-7-9-20(10-8-19)26(27,28)29/h4-10,13,23H,3,11-12,14-16H2,1-2H3. The first-order valence-electron chi connectivity index (χ1n) is 11.6. The molecule has 36 heavy (non-hydrogen) atoms. The molecule has 1 aliphatic heterocycles. The molecule has 0 spiro atoms. The minimum Gasteiger partial charge on any atom is -0.487 e. The van der Waals surface area contributed by atoms with Crippen LogP contribution in [0.4, 0.5) is 13.2 Å². The molecule has 1 unspecified atom stereocenters. The number of ether oxygens (including phenoxy) is 2. The third-order valence-corrected chi connectivity index (χ3v) is 6.83. The normalized spacial score (nSPS) is 16.6. The number of oxazole rings is 1. The fourth-order valence-electron chi connectivity index (χ4n) is 3.89. The van der Waals surface area contributed by atoms with Crippen molar-refractivity contribution in [2.75, 3.05) is 24.7 Å². The average molecular weight is 521 g/mol. The molecule has 0 radical (unpaired) electrons. The van der Waals surface area contributed by atoms with Gasteiger partial charge in [0.15, 0.2) is 0 Å². The molecule has 4 rings (SSSR count). The van der Waals surface area contributed by atoms with Crippen LogP contribution in [0.25, 0.3) is 11.5 Å². The molecule has 2 heterocycles. The van der Waals surface area contributed by atoms with Gasteiger partial charge in [0.1, 0.15) is 29.9 Å². The van der Waals surface area contributed by atoms with Crippen LogP contribution in [0.5, 0.6) is 5.75 Å². The number of alkyl halides is 3. The molecular formula is C26H27F3N2O4S. The van der Waals surface area contributed by atoms with Crippen molar-refractivity contribution in [1.82, 2.24) is 9.88 Å². The van der Waals surface area contributed by atoms with Gasteiger partial charge in [0.05, 0.1) is 12.2 Å². The molecule has 1 aromatic heterocycles. The van der Waals surface area contributed by atoms with Gasteiger partial charge in [-0.2, -0.15) is 24.9 Å². The van der Waals surface area contributed by atoms with E-state index in [1.807, 2.05) is 31.2 Å². The lowest BCUT2D eigenvalue weighted by Crippen LogP contribution is -2.47. The highest BCUT2D eigenvalue weighted by molar-refractivity contribution is 7.99. The summed E-state index contributed by atoms with van der Waals surface area (Å²) in [6, 6.07) is 12.1. The van der Waals surface area contributed by atoms with Gasteiger partial charge in [0.2, 0.25) is 5.89 Å². The summed E-state index contributed by atoms with van der Waals surface area (Å²) in [4.78, 5) is 18.9. The summed E-state index contributed by atoms with van der Waals surface area (Å²) in [5, 5.41) is 0. The van der Waals surface area contributed by atoms with Crippen molar-refractivity contribution in [2.24, 2.45) is 0 Å². The Morgan fingerprint density at radius 2 is 2.00 bits per heavy atom. The summed E-state index contributed by atoms with van der Waals surface area (Å²) < 4.78 is 55.3. The zero-order valence-corrected chi connectivity index (χ0v) is 20.8. The van der Waals surface area contributed by atoms with E-state index in [4.69, 9.17) is 13.9 Å². The third kappa shape index (κ3) is 6.41. The summed E-state index contributed by atoms with van der Waals surface area (Å²) in [6.07, 6.45) is -4.40. The predicted molar refractivity (Wildman–Crippen MR) is 131 cm³/mol. The predicted octanol–water partition coefficient (Wildman–Crippen LogP) is 5.73. The third-order valence-electron chi connectivity index (χ3n) is 5.81. The monoisotopic (exact) mass is 520 g/mol. The maximum absolute atomic E-state index is 12.8. The number of rotatable bonds is 8. The number of carbonyl (C=O) groups excluding carboxylic acids is 1. The first-order chi connectivity index (χ1) is 17.2. The fraction of sp³-hybridized carbons (Fsp3) is 0.385. The number of esters is 1. The van der Waals surface area contributed by atoms with Crippen molar-refractivity contribution in [3.8, 4) is 17.2 Å². The van der Waals surface area contributed by atoms with E-state index >= 15 is 0 Å². The number of thioether (sulfide) groups is 1. The molecule has 10 heteroatoms. The second kappa shape index (κ2) is 11.4. The highest BCUT2D eigenvalue weighted by Gasteiger charge is 2.31. The number of hydrogen-bond acceptors (Lipinski definition) is 7. The molecule has 1 fully saturated rings. The highest BCUT2D eigenvalue weighted by atomic mass is 32.2. The Kier molecular flexibility index (Phi) is 8.25. The molecule has 6 nitrogen and oxygen atoms in total. The molecule has 2 aromatic carbocycles. The van der Waals surface area contributed by atoms with Gasteiger partial charge in [-0.15, -0.1) is 0 Å². The number of hydrogen-bond donors (Lipinski definition) is 0. The molecule has 192 valence electrons. The molecule has 1 atom stereocenters. The Balaban J connectivity index is 1.40. The van der Waals surface area contributed by atoms with Crippen molar-refractivity contribution >= 4 is 17.7 Å². The Morgan fingerprint density at radius 3 is 2.72 bits per heavy atom. The fourth-order valence-corrected chi connectivity index (χ4v) is 4.99. The zero-order chi connectivity index (χ0) is 25.7. The van der Waals surface area contributed by atoms with E-state index in [0.717, 1.165) is 30.0 Å². The van der Waals surface area contributed by atoms with Crippen LogP contribution in [0.3, 0.4) is 0 Å². The molecule has 0 bridgehead atoms. The molecule has 0 aliphatic carbocycles. The molecule has 3 aromatic rings. The number of halogens is 3. The van der Waals surface area contributed by atoms with E-state index in [-0.39, 0.29) is 24.5 Å². The largest absolute Gasteiger partial charge is 0.487 e. The zero-order valence-electron chi connectivity index (χ0n) is 20.0. The van der Waals surface area contributed by atoms with Gasteiger partial charge in [-0.3, -0.25) is 9.69 Å². The Bertz CT molecular complexity index is 1180. The van der Waals surface area contributed by atoms with Gasteiger partial charge in [0, 0.05) is 30.2 Å². The summed E-state index contributed by atoms with van der Waals surface area (Å²) >= 11 is 1.75. The van der Waals surface area contributed by atoms with Crippen molar-refractivity contribution in [3.63, 3.8) is 0 Å². The van der Waals surface area contributed by atoms with E-state index in [0.29, 0.717) is 41.7 Å². The molecule has 1 aliphatic rings. The molecule has 0 saturated carbocycles. The Morgan fingerprint density at radius 1 is 1.22 bits per heavy atom. The van der Waals surface area contributed by atoms with Crippen molar-refractivity contribution in [3.05, 3.63) is 71.1 Å². The van der Waals surface area contributed by atoms with E-state index in [1.54, 1.807) is 18.7 Å². The van der Waals surface area contributed by atoms with Crippen LogP contribution >= 0.6 is 11.8 Å². The van der Waals surface area contributed by atoms with E-state index in [1.165, 1.54) is 12.1 Å². The topological polar surface area (TPSA) is 64.8 Å². The van der Waals surface area contributed by atoms with Gasteiger partial charge in [-0.05, 0) is 55.8 Å². The minimum absolute atomic E-state index is 0.144. The summed E-state index contributed by atoms with van der Waals surface area (Å²) in [7, 11) is 0. The molecule has 0 N–H and O–H groups in total. The Hall–Kier alpha value is -2.98. The summed E-state index contributed by atoms with van der Waals surface area (Å²) in [5.41, 5.74) is 1.30. The quantitative estimate of drug-likeness (QED) is 0.352. The van der Waals surface area contributed by atoms with Crippen LogP contribution in [0.2, 0.25) is 0 Å². The van der Waals surface area contributed by atoms with Gasteiger partial charge in [0.25, 0.3) is 0 Å². The average Bonchev–Trinajstić information content (AvgIpc) is 3.23. The van der Waals surface area contributed by atoms with Gasteiger partial charge >= 0.3 is 12.1 Å². The minimum atomic E-state index is -4.40. The maximum atomic E-state index is 12.8. The number of nitrogens with zero attached hydrogens (tertiary/aromatic N) is 2. The van der Waals surface area contributed by atoms with Crippen LogP contribution in [0.15, 0.2) is 52.9 Å². The molecule has 1 saturated heterocycles. The van der Waals surface area contributed by atoms with E-state index < -0.39 is 11.7 Å². The lowest BCUT2D eigenvalue weighted by molar-refractivity contribution is -0.149.